The zero-order chi connectivity index (χ0) is 13.3. The Hall–Kier alpha value is -0.820. The molecule has 17 heavy (non-hydrogen) atoms. The lowest BCUT2D eigenvalue weighted by Crippen LogP contribution is -2.23. The second kappa shape index (κ2) is 8.30. The van der Waals surface area contributed by atoms with Crippen LogP contribution in [0.4, 0.5) is 0 Å². The van der Waals surface area contributed by atoms with Crippen molar-refractivity contribution in [1.29, 1.82) is 0 Å². The van der Waals surface area contributed by atoms with Crippen LogP contribution in [0.1, 0.15) is 53.4 Å². The van der Waals surface area contributed by atoms with Crippen molar-refractivity contribution in [3.8, 4) is 0 Å². The predicted octanol–water partition coefficient (Wildman–Crippen LogP) is 5.05. The van der Waals surface area contributed by atoms with Crippen LogP contribution in [0.3, 0.4) is 0 Å². The van der Waals surface area contributed by atoms with Crippen molar-refractivity contribution in [3.63, 3.8) is 0 Å². The first-order chi connectivity index (χ1) is 7.93. The Morgan fingerprint density at radius 3 is 2.29 bits per heavy atom. The minimum absolute atomic E-state index is 0.184. The number of methoxy groups -OCH3 is 1. The van der Waals surface area contributed by atoms with Gasteiger partial charge in [0, 0.05) is 7.11 Å². The quantitative estimate of drug-likeness (QED) is 0.536. The first-order valence-corrected chi connectivity index (χ1v) is 6.41. The molecule has 0 aliphatic rings. The molecule has 0 aromatic rings. The molecule has 0 rings (SSSR count). The lowest BCUT2D eigenvalue weighted by Gasteiger charge is -2.23. The Morgan fingerprint density at radius 2 is 1.82 bits per heavy atom. The third-order valence-electron chi connectivity index (χ3n) is 3.12. The van der Waals surface area contributed by atoms with Gasteiger partial charge in [0.2, 0.25) is 0 Å². The Morgan fingerprint density at radius 1 is 1.18 bits per heavy atom. The molecule has 0 aromatic carbocycles. The molecule has 98 valence electrons. The van der Waals surface area contributed by atoms with Crippen LogP contribution < -0.4 is 0 Å². The minimum Gasteiger partial charge on any atom is -0.374 e. The van der Waals surface area contributed by atoms with E-state index in [1.165, 1.54) is 11.1 Å². The number of ether oxygens (including phenoxy) is 1. The van der Waals surface area contributed by atoms with E-state index in [2.05, 4.69) is 46.4 Å². The second-order valence-corrected chi connectivity index (χ2v) is 5.13. The van der Waals surface area contributed by atoms with Crippen LogP contribution in [0.25, 0.3) is 0 Å². The first kappa shape index (κ1) is 16.2. The van der Waals surface area contributed by atoms with Crippen molar-refractivity contribution in [2.24, 2.45) is 0 Å². The van der Waals surface area contributed by atoms with Crippen LogP contribution in [-0.4, -0.2) is 12.7 Å². The van der Waals surface area contributed by atoms with Gasteiger partial charge in [0.15, 0.2) is 0 Å². The molecule has 0 spiro atoms. The van der Waals surface area contributed by atoms with Crippen molar-refractivity contribution in [2.45, 2.75) is 59.0 Å². The maximum Gasteiger partial charge on any atom is 0.0831 e. The van der Waals surface area contributed by atoms with E-state index in [9.17, 15) is 0 Å². The molecule has 1 nitrogen and oxygen atoms in total. The van der Waals surface area contributed by atoms with Gasteiger partial charge in [-0.1, -0.05) is 29.4 Å². The molecular weight excluding hydrogens is 208 g/mol. The average Bonchev–Trinajstić information content (AvgIpc) is 2.28. The molecule has 0 bridgehead atoms. The molecular formula is C16H28O. The van der Waals surface area contributed by atoms with Crippen LogP contribution in [-0.2, 0) is 4.74 Å². The van der Waals surface area contributed by atoms with Gasteiger partial charge in [-0.05, 0) is 53.4 Å². The molecule has 0 saturated carbocycles. The fourth-order valence-corrected chi connectivity index (χ4v) is 1.58. The third-order valence-corrected chi connectivity index (χ3v) is 3.12. The van der Waals surface area contributed by atoms with Crippen LogP contribution in [0, 0.1) is 0 Å². The van der Waals surface area contributed by atoms with Gasteiger partial charge in [-0.3, -0.25) is 0 Å². The standard InChI is InChI=1S/C16H28O/c1-7-16(5,17-6)13-9-12-15(4)11-8-10-14(2)3/h7,10,12H,1,8-9,11,13H2,2-6H3/b15-12+. The van der Waals surface area contributed by atoms with Crippen molar-refractivity contribution < 1.29 is 4.74 Å². The summed E-state index contributed by atoms with van der Waals surface area (Å²) in [6, 6.07) is 0. The summed E-state index contributed by atoms with van der Waals surface area (Å²) in [4.78, 5) is 0. The largest absolute Gasteiger partial charge is 0.374 e. The number of allylic oxidation sites excluding steroid dienone is 4. The van der Waals surface area contributed by atoms with Crippen molar-refractivity contribution >= 4 is 0 Å². The first-order valence-electron chi connectivity index (χ1n) is 6.41. The van der Waals surface area contributed by atoms with Gasteiger partial charge in [0.05, 0.1) is 5.60 Å². The van der Waals surface area contributed by atoms with Crippen LogP contribution in [0.15, 0.2) is 36.0 Å². The fourth-order valence-electron chi connectivity index (χ4n) is 1.58. The zero-order valence-electron chi connectivity index (χ0n) is 12.2. The lowest BCUT2D eigenvalue weighted by molar-refractivity contribution is 0.0425. The van der Waals surface area contributed by atoms with E-state index in [-0.39, 0.29) is 5.60 Å². The molecule has 1 heteroatoms. The van der Waals surface area contributed by atoms with Gasteiger partial charge in [-0.25, -0.2) is 0 Å². The van der Waals surface area contributed by atoms with Crippen LogP contribution in [0.5, 0.6) is 0 Å². The molecule has 0 aliphatic heterocycles. The molecule has 1 unspecified atom stereocenters. The SMILES string of the molecule is C=CC(C)(CC/C=C(\C)CCC=C(C)C)OC. The van der Waals surface area contributed by atoms with Gasteiger partial charge < -0.3 is 4.74 Å². The van der Waals surface area contributed by atoms with Gasteiger partial charge in [0.1, 0.15) is 0 Å². The van der Waals surface area contributed by atoms with E-state index >= 15 is 0 Å². The molecule has 0 aromatic heterocycles. The summed E-state index contributed by atoms with van der Waals surface area (Å²) in [5.41, 5.74) is 2.68. The van der Waals surface area contributed by atoms with Crippen LogP contribution in [0.2, 0.25) is 0 Å². The van der Waals surface area contributed by atoms with E-state index in [1.54, 1.807) is 7.11 Å². The summed E-state index contributed by atoms with van der Waals surface area (Å²) in [5, 5.41) is 0. The van der Waals surface area contributed by atoms with E-state index in [1.807, 2.05) is 6.08 Å². The molecule has 0 N–H and O–H groups in total. The van der Waals surface area contributed by atoms with Crippen molar-refractivity contribution in [1.82, 2.24) is 0 Å². The monoisotopic (exact) mass is 236 g/mol. The maximum absolute atomic E-state index is 5.42. The van der Waals surface area contributed by atoms with E-state index < -0.39 is 0 Å². The molecule has 0 fully saturated rings. The highest BCUT2D eigenvalue weighted by molar-refractivity contribution is 5.03. The lowest BCUT2D eigenvalue weighted by atomic mass is 9.98. The topological polar surface area (TPSA) is 9.23 Å². The Labute approximate surface area is 107 Å². The Bertz CT molecular complexity index is 282. The summed E-state index contributed by atoms with van der Waals surface area (Å²) >= 11 is 0. The number of hydrogen-bond donors (Lipinski definition) is 0. The Kier molecular flexibility index (Phi) is 7.90. The molecule has 0 heterocycles. The molecule has 0 saturated heterocycles. The minimum atomic E-state index is -0.184. The van der Waals surface area contributed by atoms with Crippen molar-refractivity contribution in [3.05, 3.63) is 36.0 Å². The second-order valence-electron chi connectivity index (χ2n) is 5.13. The Balaban J connectivity index is 3.99. The molecule has 0 amide bonds. The highest BCUT2D eigenvalue weighted by Crippen LogP contribution is 2.19. The highest BCUT2D eigenvalue weighted by atomic mass is 16.5. The number of rotatable bonds is 8. The highest BCUT2D eigenvalue weighted by Gasteiger charge is 2.17. The van der Waals surface area contributed by atoms with Crippen molar-refractivity contribution in [2.75, 3.05) is 7.11 Å². The van der Waals surface area contributed by atoms with Gasteiger partial charge in [-0.15, -0.1) is 6.58 Å². The smallest absolute Gasteiger partial charge is 0.0831 e. The van der Waals surface area contributed by atoms with Gasteiger partial charge >= 0.3 is 0 Å². The summed E-state index contributed by atoms with van der Waals surface area (Å²) in [6.45, 7) is 12.4. The summed E-state index contributed by atoms with van der Waals surface area (Å²) in [5.74, 6) is 0. The summed E-state index contributed by atoms with van der Waals surface area (Å²) in [7, 11) is 1.74. The van der Waals surface area contributed by atoms with E-state index in [0.29, 0.717) is 0 Å². The van der Waals surface area contributed by atoms with E-state index in [0.717, 1.165) is 25.7 Å². The summed E-state index contributed by atoms with van der Waals surface area (Å²) < 4.78 is 5.42. The average molecular weight is 236 g/mol. The molecule has 0 radical (unpaired) electrons. The zero-order valence-corrected chi connectivity index (χ0v) is 12.2. The third kappa shape index (κ3) is 7.98. The summed E-state index contributed by atoms with van der Waals surface area (Å²) in [6.07, 6.45) is 10.8. The normalized spacial score (nSPS) is 15.2. The maximum atomic E-state index is 5.42. The molecule has 0 aliphatic carbocycles. The fraction of sp³-hybridized carbons (Fsp3) is 0.625. The van der Waals surface area contributed by atoms with Gasteiger partial charge in [0.25, 0.3) is 0 Å². The van der Waals surface area contributed by atoms with Crippen LogP contribution >= 0.6 is 0 Å². The number of hydrogen-bond acceptors (Lipinski definition) is 1. The predicted molar refractivity (Wildman–Crippen MR) is 77.3 cm³/mol. The molecule has 1 atom stereocenters. The van der Waals surface area contributed by atoms with E-state index in [4.69, 9.17) is 4.74 Å². The van der Waals surface area contributed by atoms with Gasteiger partial charge in [-0.2, -0.15) is 0 Å².